The Morgan fingerprint density at radius 2 is 1.68 bits per heavy atom. The molecule has 2 fully saturated rings. The molecule has 2 aliphatic rings. The molecule has 10 nitrogen and oxygen atoms in total. The highest BCUT2D eigenvalue weighted by molar-refractivity contribution is 5.90. The molecule has 10 heteroatoms. The molecule has 2 saturated heterocycles. The number of esters is 1. The Morgan fingerprint density at radius 3 is 2.38 bits per heavy atom. The van der Waals surface area contributed by atoms with Gasteiger partial charge in [0.1, 0.15) is 0 Å². The van der Waals surface area contributed by atoms with Crippen LogP contribution in [0.1, 0.15) is 19.8 Å². The Labute approximate surface area is 198 Å². The van der Waals surface area contributed by atoms with E-state index < -0.39 is 18.0 Å². The summed E-state index contributed by atoms with van der Waals surface area (Å²) >= 11 is 0. The quantitative estimate of drug-likeness (QED) is 0.672. The third kappa shape index (κ3) is 5.81. The number of hydrogen-bond acceptors (Lipinski definition) is 7. The van der Waals surface area contributed by atoms with Crippen LogP contribution < -0.4 is 10.2 Å². The molecule has 2 unspecified atom stereocenters. The molecule has 3 amide bonds. The lowest BCUT2D eigenvalue weighted by Crippen LogP contribution is -2.52. The van der Waals surface area contributed by atoms with Gasteiger partial charge in [-0.3, -0.25) is 9.59 Å². The number of piperazine rings is 1. The van der Waals surface area contributed by atoms with Crippen LogP contribution in [0.15, 0.2) is 48.8 Å². The minimum absolute atomic E-state index is 0.212. The topological polar surface area (TPSA) is 108 Å². The fourth-order valence-electron chi connectivity index (χ4n) is 4.24. The summed E-state index contributed by atoms with van der Waals surface area (Å²) < 4.78 is 5.54. The molecule has 0 radical (unpaired) electrons. The van der Waals surface area contributed by atoms with Gasteiger partial charge in [0.25, 0.3) is 5.91 Å². The maximum Gasteiger partial charge on any atom is 0.321 e. The number of carbonyl (C=O) groups excluding carboxylic acids is 3. The first kappa shape index (κ1) is 23.5. The van der Waals surface area contributed by atoms with Gasteiger partial charge in [0.05, 0.1) is 5.92 Å². The molecule has 0 saturated carbocycles. The van der Waals surface area contributed by atoms with Crippen molar-refractivity contribution in [3.8, 4) is 0 Å². The van der Waals surface area contributed by atoms with Gasteiger partial charge in [0.15, 0.2) is 6.10 Å². The highest BCUT2D eigenvalue weighted by atomic mass is 16.5. The van der Waals surface area contributed by atoms with Crippen molar-refractivity contribution in [1.29, 1.82) is 0 Å². The van der Waals surface area contributed by atoms with Crippen LogP contribution in [-0.4, -0.2) is 83.0 Å². The molecule has 1 aromatic heterocycles. The number of hydrogen-bond donors (Lipinski definition) is 1. The van der Waals surface area contributed by atoms with E-state index in [4.69, 9.17) is 4.74 Å². The van der Waals surface area contributed by atoms with E-state index in [-0.39, 0.29) is 18.5 Å². The van der Waals surface area contributed by atoms with Gasteiger partial charge in [0, 0.05) is 57.3 Å². The van der Waals surface area contributed by atoms with Gasteiger partial charge in [-0.15, -0.1) is 0 Å². The van der Waals surface area contributed by atoms with E-state index >= 15 is 0 Å². The number of nitrogens with one attached hydrogen (secondary N) is 1. The Balaban J connectivity index is 1.25. The van der Waals surface area contributed by atoms with Crippen molar-refractivity contribution in [2.45, 2.75) is 25.9 Å². The molecule has 34 heavy (non-hydrogen) atoms. The maximum atomic E-state index is 12.9. The number of anilines is 2. The third-order valence-electron chi connectivity index (χ3n) is 6.13. The summed E-state index contributed by atoms with van der Waals surface area (Å²) in [5, 5.41) is 2.85. The molecule has 2 atom stereocenters. The Bertz CT molecular complexity index is 981. The SMILES string of the molecule is CC(OC(=O)C1CCCN(C(=O)Nc2ccccc2)C1)C(=O)N1CCN(c2ncccn2)CC1. The maximum absolute atomic E-state index is 12.9. The summed E-state index contributed by atoms with van der Waals surface area (Å²) in [6.45, 7) is 4.71. The standard InChI is InChI=1S/C24H30N6O4/c1-18(21(31)28-13-15-29(16-14-28)23-25-10-6-11-26-23)34-22(32)19-7-5-12-30(17-19)24(33)27-20-8-3-2-4-9-20/h2-4,6,8-11,18-19H,5,7,12-17H2,1H3,(H,27,33). The van der Waals surface area contributed by atoms with Crippen LogP contribution in [0.2, 0.25) is 0 Å². The second kappa shape index (κ2) is 11.0. The number of para-hydroxylation sites is 1. The van der Waals surface area contributed by atoms with E-state index in [1.807, 2.05) is 35.2 Å². The van der Waals surface area contributed by atoms with E-state index in [0.29, 0.717) is 57.2 Å². The fourth-order valence-corrected chi connectivity index (χ4v) is 4.24. The average Bonchev–Trinajstić information content (AvgIpc) is 2.89. The molecule has 3 heterocycles. The minimum Gasteiger partial charge on any atom is -0.452 e. The van der Waals surface area contributed by atoms with Gasteiger partial charge < -0.3 is 24.8 Å². The predicted molar refractivity (Wildman–Crippen MR) is 126 cm³/mol. The number of carbonyl (C=O) groups is 3. The van der Waals surface area contributed by atoms with E-state index in [2.05, 4.69) is 15.3 Å². The van der Waals surface area contributed by atoms with Crippen LogP contribution in [-0.2, 0) is 14.3 Å². The van der Waals surface area contributed by atoms with Gasteiger partial charge in [-0.05, 0) is 38.0 Å². The zero-order valence-electron chi connectivity index (χ0n) is 19.3. The minimum atomic E-state index is -0.874. The number of amides is 3. The normalized spacial score (nSPS) is 19.3. The van der Waals surface area contributed by atoms with E-state index in [9.17, 15) is 14.4 Å². The summed E-state index contributed by atoms with van der Waals surface area (Å²) in [6.07, 6.45) is 3.84. The lowest BCUT2D eigenvalue weighted by atomic mass is 9.98. The lowest BCUT2D eigenvalue weighted by Gasteiger charge is -2.36. The number of benzene rings is 1. The van der Waals surface area contributed by atoms with E-state index in [0.717, 1.165) is 0 Å². The van der Waals surface area contributed by atoms with Gasteiger partial charge in [0.2, 0.25) is 5.95 Å². The Kier molecular flexibility index (Phi) is 7.56. The number of nitrogens with zero attached hydrogens (tertiary/aromatic N) is 5. The van der Waals surface area contributed by atoms with Crippen molar-refractivity contribution in [2.75, 3.05) is 49.5 Å². The van der Waals surface area contributed by atoms with E-state index in [1.165, 1.54) is 0 Å². The zero-order valence-corrected chi connectivity index (χ0v) is 19.3. The number of aromatic nitrogens is 2. The molecular formula is C24H30N6O4. The first-order valence-corrected chi connectivity index (χ1v) is 11.6. The molecular weight excluding hydrogens is 436 g/mol. The van der Waals surface area contributed by atoms with Gasteiger partial charge in [-0.25, -0.2) is 14.8 Å². The number of likely N-dealkylation sites (tertiary alicyclic amines) is 1. The average molecular weight is 467 g/mol. The summed E-state index contributed by atoms with van der Waals surface area (Å²) in [5.74, 6) is -0.448. The van der Waals surface area contributed by atoms with Gasteiger partial charge >= 0.3 is 12.0 Å². The highest BCUT2D eigenvalue weighted by Gasteiger charge is 2.33. The summed E-state index contributed by atoms with van der Waals surface area (Å²) in [4.78, 5) is 52.1. The molecule has 0 spiro atoms. The van der Waals surface area contributed by atoms with Crippen LogP contribution >= 0.6 is 0 Å². The smallest absolute Gasteiger partial charge is 0.321 e. The van der Waals surface area contributed by atoms with Crippen LogP contribution in [0.3, 0.4) is 0 Å². The number of piperidine rings is 1. The van der Waals surface area contributed by atoms with Crippen molar-refractivity contribution in [3.63, 3.8) is 0 Å². The molecule has 4 rings (SSSR count). The Morgan fingerprint density at radius 1 is 0.971 bits per heavy atom. The second-order valence-electron chi connectivity index (χ2n) is 8.52. The van der Waals surface area contributed by atoms with Crippen molar-refractivity contribution in [1.82, 2.24) is 19.8 Å². The number of urea groups is 1. The van der Waals surface area contributed by atoms with Crippen LogP contribution in [0.4, 0.5) is 16.4 Å². The van der Waals surface area contributed by atoms with Gasteiger partial charge in [-0.2, -0.15) is 0 Å². The number of rotatable bonds is 5. The first-order chi connectivity index (χ1) is 16.5. The first-order valence-electron chi connectivity index (χ1n) is 11.6. The number of ether oxygens (including phenoxy) is 1. The van der Waals surface area contributed by atoms with Gasteiger partial charge in [-0.1, -0.05) is 18.2 Å². The van der Waals surface area contributed by atoms with Crippen LogP contribution in [0, 0.1) is 5.92 Å². The summed E-state index contributed by atoms with van der Waals surface area (Å²) in [6, 6.07) is 10.7. The summed E-state index contributed by atoms with van der Waals surface area (Å²) in [5.41, 5.74) is 0.704. The largest absolute Gasteiger partial charge is 0.452 e. The molecule has 1 N–H and O–H groups in total. The molecule has 2 aromatic rings. The monoisotopic (exact) mass is 466 g/mol. The second-order valence-corrected chi connectivity index (χ2v) is 8.52. The predicted octanol–water partition coefficient (Wildman–Crippen LogP) is 2.00. The summed E-state index contributed by atoms with van der Waals surface area (Å²) in [7, 11) is 0. The highest BCUT2D eigenvalue weighted by Crippen LogP contribution is 2.20. The van der Waals surface area contributed by atoms with Crippen molar-refractivity contribution in [3.05, 3.63) is 48.8 Å². The lowest BCUT2D eigenvalue weighted by molar-refractivity contribution is -0.163. The van der Waals surface area contributed by atoms with Crippen LogP contribution in [0.25, 0.3) is 0 Å². The molecule has 1 aromatic carbocycles. The third-order valence-corrected chi connectivity index (χ3v) is 6.13. The van der Waals surface area contributed by atoms with E-state index in [1.54, 1.807) is 35.2 Å². The molecule has 2 aliphatic heterocycles. The van der Waals surface area contributed by atoms with Crippen molar-refractivity contribution < 1.29 is 19.1 Å². The zero-order chi connectivity index (χ0) is 23.9. The molecule has 180 valence electrons. The van der Waals surface area contributed by atoms with Crippen LogP contribution in [0.5, 0.6) is 0 Å². The Hall–Kier alpha value is -3.69. The van der Waals surface area contributed by atoms with Crippen molar-refractivity contribution in [2.24, 2.45) is 5.92 Å². The fraction of sp³-hybridized carbons (Fsp3) is 0.458. The molecule has 0 bridgehead atoms. The van der Waals surface area contributed by atoms with Crippen molar-refractivity contribution >= 4 is 29.5 Å². The molecule has 0 aliphatic carbocycles.